The zero-order valence-corrected chi connectivity index (χ0v) is 9.22. The van der Waals surface area contributed by atoms with Crippen LogP contribution in [-0.2, 0) is 9.53 Å². The van der Waals surface area contributed by atoms with Gasteiger partial charge in [-0.05, 0) is 18.6 Å². The molecule has 0 saturated carbocycles. The Morgan fingerprint density at radius 1 is 1.50 bits per heavy atom. The van der Waals surface area contributed by atoms with Gasteiger partial charge >= 0.3 is 5.97 Å². The molecule has 0 aliphatic carbocycles. The number of morpholine rings is 1. The van der Waals surface area contributed by atoms with Crippen LogP contribution in [0.25, 0.3) is 0 Å². The highest BCUT2D eigenvalue weighted by molar-refractivity contribution is 5.73. The lowest BCUT2D eigenvalue weighted by molar-refractivity contribution is -0.150. The fraction of sp³-hybridized carbons (Fsp3) is 0.417. The van der Waals surface area contributed by atoms with E-state index in [0.29, 0.717) is 13.2 Å². The normalized spacial score (nSPS) is 20.8. The molecule has 0 unspecified atom stereocenters. The summed E-state index contributed by atoms with van der Waals surface area (Å²) in [4.78, 5) is 12.9. The first-order chi connectivity index (χ1) is 7.68. The molecule has 0 aromatic heterocycles. The van der Waals surface area contributed by atoms with Crippen LogP contribution in [0.15, 0.2) is 24.3 Å². The van der Waals surface area contributed by atoms with Crippen LogP contribution in [0.2, 0.25) is 0 Å². The molecule has 1 aromatic carbocycles. The summed E-state index contributed by atoms with van der Waals surface area (Å²) >= 11 is 0. The Labute approximate surface area is 94.4 Å². The van der Waals surface area contributed by atoms with Gasteiger partial charge in [-0.15, -0.1) is 0 Å². The van der Waals surface area contributed by atoms with E-state index in [0.717, 1.165) is 17.8 Å². The maximum absolute atomic E-state index is 10.9. The third-order valence-corrected chi connectivity index (χ3v) is 2.80. The molecule has 1 aliphatic heterocycles. The van der Waals surface area contributed by atoms with Gasteiger partial charge < -0.3 is 14.7 Å². The second kappa shape index (κ2) is 4.53. The molecule has 1 saturated heterocycles. The molecule has 4 nitrogen and oxygen atoms in total. The van der Waals surface area contributed by atoms with Crippen molar-refractivity contribution in [3.63, 3.8) is 0 Å². The van der Waals surface area contributed by atoms with Gasteiger partial charge in [0.15, 0.2) is 6.10 Å². The van der Waals surface area contributed by atoms with Gasteiger partial charge in [0.25, 0.3) is 0 Å². The van der Waals surface area contributed by atoms with E-state index < -0.39 is 12.1 Å². The van der Waals surface area contributed by atoms with Crippen molar-refractivity contribution in [2.75, 3.05) is 24.6 Å². The lowest BCUT2D eigenvalue weighted by Crippen LogP contribution is -2.46. The Morgan fingerprint density at radius 2 is 2.25 bits per heavy atom. The molecule has 16 heavy (non-hydrogen) atoms. The smallest absolute Gasteiger partial charge is 0.334 e. The minimum Gasteiger partial charge on any atom is -0.479 e. The zero-order chi connectivity index (χ0) is 11.5. The number of para-hydroxylation sites is 1. The van der Waals surface area contributed by atoms with Crippen molar-refractivity contribution < 1.29 is 14.6 Å². The number of aryl methyl sites for hydroxylation is 1. The predicted octanol–water partition coefficient (Wildman–Crippen LogP) is 1.28. The van der Waals surface area contributed by atoms with Crippen molar-refractivity contribution >= 4 is 11.7 Å². The summed E-state index contributed by atoms with van der Waals surface area (Å²) in [5.74, 6) is -0.890. The number of hydrogen-bond acceptors (Lipinski definition) is 3. The Bertz CT molecular complexity index is 392. The second-order valence-electron chi connectivity index (χ2n) is 3.93. The second-order valence-corrected chi connectivity index (χ2v) is 3.93. The topological polar surface area (TPSA) is 49.8 Å². The van der Waals surface area contributed by atoms with Gasteiger partial charge in [-0.1, -0.05) is 18.2 Å². The van der Waals surface area contributed by atoms with Crippen LogP contribution < -0.4 is 4.90 Å². The fourth-order valence-corrected chi connectivity index (χ4v) is 1.94. The zero-order valence-electron chi connectivity index (χ0n) is 9.22. The van der Waals surface area contributed by atoms with Crippen LogP contribution in [-0.4, -0.2) is 36.9 Å². The molecule has 1 N–H and O–H groups in total. The number of rotatable bonds is 2. The maximum Gasteiger partial charge on any atom is 0.334 e. The minimum atomic E-state index is -0.890. The molecule has 1 fully saturated rings. The van der Waals surface area contributed by atoms with E-state index in [2.05, 4.69) is 4.90 Å². The number of anilines is 1. The number of benzene rings is 1. The van der Waals surface area contributed by atoms with E-state index >= 15 is 0 Å². The number of hydrogen-bond donors (Lipinski definition) is 1. The highest BCUT2D eigenvalue weighted by atomic mass is 16.5. The molecule has 0 radical (unpaired) electrons. The van der Waals surface area contributed by atoms with E-state index in [1.165, 1.54) is 0 Å². The summed E-state index contributed by atoms with van der Waals surface area (Å²) in [6.07, 6.45) is -0.714. The first kappa shape index (κ1) is 11.0. The van der Waals surface area contributed by atoms with Gasteiger partial charge in [-0.25, -0.2) is 4.79 Å². The van der Waals surface area contributed by atoms with Crippen LogP contribution in [0.1, 0.15) is 5.56 Å². The van der Waals surface area contributed by atoms with Crippen molar-refractivity contribution in [2.45, 2.75) is 13.0 Å². The summed E-state index contributed by atoms with van der Waals surface area (Å²) in [5.41, 5.74) is 2.26. The molecule has 1 heterocycles. The number of aliphatic carboxylic acids is 1. The van der Waals surface area contributed by atoms with E-state index in [1.807, 2.05) is 31.2 Å². The van der Waals surface area contributed by atoms with E-state index in [1.54, 1.807) is 0 Å². The fourth-order valence-electron chi connectivity index (χ4n) is 1.94. The molecule has 2 rings (SSSR count). The van der Waals surface area contributed by atoms with E-state index in [9.17, 15) is 4.79 Å². The third-order valence-electron chi connectivity index (χ3n) is 2.80. The van der Waals surface area contributed by atoms with E-state index in [4.69, 9.17) is 9.84 Å². The lowest BCUT2D eigenvalue weighted by atomic mass is 10.1. The van der Waals surface area contributed by atoms with Crippen molar-refractivity contribution in [1.29, 1.82) is 0 Å². The van der Waals surface area contributed by atoms with Crippen molar-refractivity contribution in [3.8, 4) is 0 Å². The maximum atomic E-state index is 10.9. The average Bonchev–Trinajstić information content (AvgIpc) is 2.30. The van der Waals surface area contributed by atoms with Gasteiger partial charge in [0.2, 0.25) is 0 Å². The van der Waals surface area contributed by atoms with Crippen molar-refractivity contribution in [3.05, 3.63) is 29.8 Å². The van der Waals surface area contributed by atoms with Gasteiger partial charge in [0, 0.05) is 12.2 Å². The largest absolute Gasteiger partial charge is 0.479 e. The molecule has 1 aliphatic rings. The standard InChI is InChI=1S/C12H15NO3/c1-9-4-2-3-5-10(9)13-6-7-16-11(8-13)12(14)15/h2-5,11H,6-8H2,1H3,(H,14,15)/t11-/m0/s1. The SMILES string of the molecule is Cc1ccccc1N1CCO[C@H](C(=O)O)C1. The first-order valence-electron chi connectivity index (χ1n) is 5.33. The Balaban J connectivity index is 2.16. The third kappa shape index (κ3) is 2.17. The molecule has 86 valence electrons. The number of carboxylic acids is 1. The summed E-state index contributed by atoms with van der Waals surface area (Å²) < 4.78 is 5.19. The summed E-state index contributed by atoms with van der Waals surface area (Å²) in [6, 6.07) is 7.99. The van der Waals surface area contributed by atoms with Crippen LogP contribution in [0.4, 0.5) is 5.69 Å². The highest BCUT2D eigenvalue weighted by Crippen LogP contribution is 2.21. The average molecular weight is 221 g/mol. The van der Waals surface area contributed by atoms with Gasteiger partial charge in [-0.3, -0.25) is 0 Å². The lowest BCUT2D eigenvalue weighted by Gasteiger charge is -2.33. The van der Waals surface area contributed by atoms with Crippen LogP contribution in [0.5, 0.6) is 0 Å². The number of ether oxygens (including phenoxy) is 1. The molecule has 0 bridgehead atoms. The summed E-state index contributed by atoms with van der Waals surface area (Å²) in [7, 11) is 0. The first-order valence-corrected chi connectivity index (χ1v) is 5.33. The van der Waals surface area contributed by atoms with Gasteiger partial charge in [0.1, 0.15) is 0 Å². The predicted molar refractivity (Wildman–Crippen MR) is 60.8 cm³/mol. The van der Waals surface area contributed by atoms with Crippen LogP contribution in [0.3, 0.4) is 0 Å². The minimum absolute atomic E-state index is 0.417. The summed E-state index contributed by atoms with van der Waals surface area (Å²) in [6.45, 7) is 3.65. The monoisotopic (exact) mass is 221 g/mol. The van der Waals surface area contributed by atoms with Crippen molar-refractivity contribution in [1.82, 2.24) is 0 Å². The molecule has 1 aromatic rings. The quantitative estimate of drug-likeness (QED) is 0.817. The number of carbonyl (C=O) groups is 1. The molecular weight excluding hydrogens is 206 g/mol. The molecule has 1 atom stereocenters. The van der Waals surface area contributed by atoms with Crippen molar-refractivity contribution in [2.24, 2.45) is 0 Å². The number of carboxylic acid groups (broad SMARTS) is 1. The molecule has 0 amide bonds. The Kier molecular flexibility index (Phi) is 3.10. The number of nitrogens with zero attached hydrogens (tertiary/aromatic N) is 1. The Morgan fingerprint density at radius 3 is 2.94 bits per heavy atom. The van der Waals surface area contributed by atoms with Gasteiger partial charge in [-0.2, -0.15) is 0 Å². The van der Waals surface area contributed by atoms with Crippen LogP contribution in [0, 0.1) is 6.92 Å². The highest BCUT2D eigenvalue weighted by Gasteiger charge is 2.26. The van der Waals surface area contributed by atoms with E-state index in [-0.39, 0.29) is 0 Å². The Hall–Kier alpha value is -1.55. The molecule has 0 spiro atoms. The molecular formula is C12H15NO3. The van der Waals surface area contributed by atoms with Gasteiger partial charge in [0.05, 0.1) is 13.2 Å². The van der Waals surface area contributed by atoms with Crippen LogP contribution >= 0.6 is 0 Å². The summed E-state index contributed by atoms with van der Waals surface area (Å²) in [5, 5.41) is 8.92. The molecule has 4 heteroatoms.